The largest absolute Gasteiger partial charge is 0.361 e. The number of H-pyrrole nitrogens is 1. The molecule has 5 aromatic rings. The van der Waals surface area contributed by atoms with Gasteiger partial charge in [0.2, 0.25) is 0 Å². The molecule has 1 aliphatic carbocycles. The minimum atomic E-state index is -3.72. The van der Waals surface area contributed by atoms with E-state index in [1.54, 1.807) is 0 Å². The second kappa shape index (κ2) is 12.5. The Bertz CT molecular complexity index is 1900. The topological polar surface area (TPSA) is 112 Å². The quantitative estimate of drug-likeness (QED) is 0.127. The summed E-state index contributed by atoms with van der Waals surface area (Å²) in [6.45, 7) is 0.0282. The predicted molar refractivity (Wildman–Crippen MR) is 174 cm³/mol. The number of hydrogen-bond acceptors (Lipinski definition) is 7. The molecule has 0 spiro atoms. The molecular weight excluding hydrogens is 611 g/mol. The molecule has 8 nitrogen and oxygen atoms in total. The first-order valence-electron chi connectivity index (χ1n) is 14.7. The maximum atomic E-state index is 12.1. The van der Waals surface area contributed by atoms with Crippen LogP contribution in [0.1, 0.15) is 51.6 Å². The second-order valence-corrected chi connectivity index (χ2v) is 14.8. The third-order valence-electron chi connectivity index (χ3n) is 8.35. The molecule has 1 N–H and O–H groups in total. The Morgan fingerprint density at radius 3 is 1.62 bits per heavy atom. The van der Waals surface area contributed by atoms with Crippen LogP contribution in [0.15, 0.2) is 109 Å². The van der Waals surface area contributed by atoms with Gasteiger partial charge in [0.1, 0.15) is 5.60 Å². The molecule has 0 bridgehead atoms. The highest BCUT2D eigenvalue weighted by Gasteiger charge is 2.40. The first kappa shape index (κ1) is 31.2. The van der Waals surface area contributed by atoms with Gasteiger partial charge in [0.25, 0.3) is 20.2 Å². The number of rotatable bonds is 12. The molecule has 0 aliphatic heterocycles. The van der Waals surface area contributed by atoms with E-state index in [4.69, 9.17) is 13.1 Å². The summed E-state index contributed by atoms with van der Waals surface area (Å²) in [5.74, 6) is -0.653. The molecule has 0 amide bonds. The molecule has 6 rings (SSSR count). The summed E-state index contributed by atoms with van der Waals surface area (Å²) in [7, 11) is -7.42. The van der Waals surface area contributed by atoms with E-state index in [2.05, 4.69) is 47.4 Å². The molecule has 0 saturated carbocycles. The van der Waals surface area contributed by atoms with Gasteiger partial charge in [-0.15, -0.1) is 0 Å². The molecule has 10 heteroatoms. The van der Waals surface area contributed by atoms with Crippen LogP contribution in [0.4, 0.5) is 0 Å². The third kappa shape index (κ3) is 6.61. The maximum Gasteiger partial charge on any atom is 0.264 e. The van der Waals surface area contributed by atoms with Crippen molar-refractivity contribution in [1.29, 1.82) is 0 Å². The van der Waals surface area contributed by atoms with Crippen molar-refractivity contribution in [2.24, 2.45) is 0 Å². The lowest BCUT2D eigenvalue weighted by Crippen LogP contribution is -2.33. The Balaban J connectivity index is 1.50. The molecule has 45 heavy (non-hydrogen) atoms. The molecule has 0 saturated heterocycles. The summed E-state index contributed by atoms with van der Waals surface area (Å²) in [4.78, 5) is 3.31. The molecular formula is C35H35NO7S2. The molecule has 0 fully saturated rings. The molecule has 0 radical (unpaired) electrons. The van der Waals surface area contributed by atoms with Crippen molar-refractivity contribution in [2.45, 2.75) is 30.5 Å². The minimum absolute atomic E-state index is 0.0678. The lowest BCUT2D eigenvalue weighted by Gasteiger charge is -2.36. The summed E-state index contributed by atoms with van der Waals surface area (Å²) in [6, 6.07) is 34.2. The van der Waals surface area contributed by atoms with Crippen molar-refractivity contribution in [1.82, 2.24) is 4.98 Å². The van der Waals surface area contributed by atoms with Crippen molar-refractivity contribution in [2.75, 3.05) is 25.7 Å². The Labute approximate surface area is 264 Å². The van der Waals surface area contributed by atoms with Crippen molar-refractivity contribution >= 4 is 31.1 Å². The van der Waals surface area contributed by atoms with Crippen LogP contribution in [0, 0.1) is 0 Å². The highest BCUT2D eigenvalue weighted by atomic mass is 32.2. The SMILES string of the molecule is CS(=O)(=O)OC[C@@H]1C[C@H](COS(C)(=O)=O)c2c1c(COC(c1ccccc1)(c1ccccc1)c1ccccc1)cc1cc[nH]c21. The van der Waals surface area contributed by atoms with E-state index in [-0.39, 0.29) is 31.7 Å². The zero-order chi connectivity index (χ0) is 31.7. The average Bonchev–Trinajstić information content (AvgIpc) is 3.65. The fraction of sp³-hybridized carbons (Fsp3) is 0.257. The Kier molecular flexibility index (Phi) is 8.69. The summed E-state index contributed by atoms with van der Waals surface area (Å²) in [5, 5.41) is 0.936. The molecule has 4 aromatic carbocycles. The van der Waals surface area contributed by atoms with Crippen LogP contribution in [-0.2, 0) is 45.5 Å². The van der Waals surface area contributed by atoms with Crippen LogP contribution in [0.25, 0.3) is 10.9 Å². The second-order valence-electron chi connectivity index (χ2n) is 11.5. The van der Waals surface area contributed by atoms with E-state index in [0.29, 0.717) is 6.42 Å². The van der Waals surface area contributed by atoms with E-state index in [1.807, 2.05) is 66.9 Å². The smallest absolute Gasteiger partial charge is 0.264 e. The van der Waals surface area contributed by atoms with Crippen molar-refractivity contribution in [3.63, 3.8) is 0 Å². The van der Waals surface area contributed by atoms with Gasteiger partial charge in [0, 0.05) is 28.9 Å². The van der Waals surface area contributed by atoms with Gasteiger partial charge >= 0.3 is 0 Å². The molecule has 234 valence electrons. The van der Waals surface area contributed by atoms with E-state index in [9.17, 15) is 16.8 Å². The van der Waals surface area contributed by atoms with Crippen molar-refractivity contribution in [3.8, 4) is 0 Å². The first-order valence-corrected chi connectivity index (χ1v) is 18.3. The number of aromatic nitrogens is 1. The number of ether oxygens (including phenoxy) is 1. The van der Waals surface area contributed by atoms with Crippen LogP contribution in [-0.4, -0.2) is 47.5 Å². The highest BCUT2D eigenvalue weighted by Crippen LogP contribution is 2.49. The Morgan fingerprint density at radius 2 is 1.16 bits per heavy atom. The van der Waals surface area contributed by atoms with Crippen molar-refractivity contribution < 1.29 is 29.9 Å². The van der Waals surface area contributed by atoms with Gasteiger partial charge in [-0.2, -0.15) is 16.8 Å². The number of aromatic amines is 1. The summed E-state index contributed by atoms with van der Waals surface area (Å²) in [5.41, 5.74) is 5.41. The maximum absolute atomic E-state index is 12.1. The summed E-state index contributed by atoms with van der Waals surface area (Å²) in [6.07, 6.45) is 4.34. The molecule has 1 aromatic heterocycles. The standard InChI is InChI=1S/C35H35NO7S2/c1-44(37,38)42-23-27-21-28(24-43-45(2,39)40)33-32(27)26(20-25-18-19-36-34(25)33)22-41-35(29-12-6-3-7-13-29,30-14-8-4-9-15-30)31-16-10-5-11-17-31/h3-20,27-28,36H,21-24H2,1-2H3/t27-,28+/m0/s1. The number of hydrogen-bond donors (Lipinski definition) is 1. The number of nitrogens with one attached hydrogen (secondary N) is 1. The monoisotopic (exact) mass is 645 g/mol. The summed E-state index contributed by atoms with van der Waals surface area (Å²) >= 11 is 0. The average molecular weight is 646 g/mol. The number of fused-ring (bicyclic) bond motifs is 3. The third-order valence-corrected chi connectivity index (χ3v) is 9.48. The normalized spacial score (nSPS) is 17.0. The minimum Gasteiger partial charge on any atom is -0.361 e. The van der Waals surface area contributed by atoms with E-state index in [1.165, 1.54) is 0 Å². The lowest BCUT2D eigenvalue weighted by molar-refractivity contribution is -0.000173. The zero-order valence-electron chi connectivity index (χ0n) is 25.0. The van der Waals surface area contributed by atoms with Gasteiger partial charge in [-0.3, -0.25) is 8.37 Å². The Hall–Kier alpha value is -3.80. The van der Waals surface area contributed by atoms with Crippen LogP contribution >= 0.6 is 0 Å². The van der Waals surface area contributed by atoms with E-state index in [0.717, 1.165) is 56.8 Å². The molecule has 1 heterocycles. The van der Waals surface area contributed by atoms with Gasteiger partial charge in [-0.25, -0.2) is 0 Å². The van der Waals surface area contributed by atoms with Crippen LogP contribution in [0.2, 0.25) is 0 Å². The van der Waals surface area contributed by atoms with Crippen LogP contribution in [0.3, 0.4) is 0 Å². The van der Waals surface area contributed by atoms with Gasteiger partial charge < -0.3 is 9.72 Å². The zero-order valence-corrected chi connectivity index (χ0v) is 26.7. The molecule has 0 unspecified atom stereocenters. The highest BCUT2D eigenvalue weighted by molar-refractivity contribution is 7.86. The fourth-order valence-corrected chi connectivity index (χ4v) is 7.40. The molecule has 1 aliphatic rings. The van der Waals surface area contributed by atoms with Crippen LogP contribution < -0.4 is 0 Å². The fourth-order valence-electron chi connectivity index (χ4n) is 6.58. The Morgan fingerprint density at radius 1 is 0.689 bits per heavy atom. The number of benzene rings is 4. The van der Waals surface area contributed by atoms with Gasteiger partial charge in [-0.05, 0) is 51.9 Å². The van der Waals surface area contributed by atoms with Gasteiger partial charge in [0.05, 0.1) is 32.3 Å². The van der Waals surface area contributed by atoms with E-state index < -0.39 is 25.8 Å². The summed E-state index contributed by atoms with van der Waals surface area (Å²) < 4.78 is 65.9. The van der Waals surface area contributed by atoms with Crippen LogP contribution in [0.5, 0.6) is 0 Å². The predicted octanol–water partition coefficient (Wildman–Crippen LogP) is 6.20. The van der Waals surface area contributed by atoms with Gasteiger partial charge in [0.15, 0.2) is 0 Å². The van der Waals surface area contributed by atoms with Crippen molar-refractivity contribution in [3.05, 3.63) is 143 Å². The lowest BCUT2D eigenvalue weighted by atomic mass is 9.80. The molecule has 2 atom stereocenters. The van der Waals surface area contributed by atoms with E-state index >= 15 is 0 Å². The first-order chi connectivity index (χ1) is 21.6. The van der Waals surface area contributed by atoms with Gasteiger partial charge in [-0.1, -0.05) is 91.0 Å².